The monoisotopic (exact) mass is 309 g/mol. The van der Waals surface area contributed by atoms with E-state index in [4.69, 9.17) is 9.47 Å². The number of rotatable bonds is 7. The second-order valence-corrected chi connectivity index (χ2v) is 5.30. The third-order valence-electron chi connectivity index (χ3n) is 3.87. The largest absolute Gasteiger partial charge is 0.493 e. The van der Waals surface area contributed by atoms with E-state index < -0.39 is 4.92 Å². The van der Waals surface area contributed by atoms with Crippen LogP contribution in [-0.4, -0.2) is 56.8 Å². The van der Waals surface area contributed by atoms with Gasteiger partial charge in [0.25, 0.3) is 0 Å². The average Bonchev–Trinajstić information content (AvgIpc) is 2.54. The number of hydrogen-bond acceptors (Lipinski definition) is 6. The molecule has 7 nitrogen and oxygen atoms in total. The second kappa shape index (κ2) is 7.95. The highest BCUT2D eigenvalue weighted by Crippen LogP contribution is 2.38. The van der Waals surface area contributed by atoms with Crippen LogP contribution in [0.3, 0.4) is 0 Å². The van der Waals surface area contributed by atoms with Gasteiger partial charge in [0, 0.05) is 32.2 Å². The van der Waals surface area contributed by atoms with Crippen molar-refractivity contribution < 1.29 is 14.4 Å². The van der Waals surface area contributed by atoms with E-state index in [-0.39, 0.29) is 11.4 Å². The van der Waals surface area contributed by atoms with Crippen LogP contribution in [-0.2, 0) is 6.42 Å². The highest BCUT2D eigenvalue weighted by atomic mass is 16.6. The van der Waals surface area contributed by atoms with Crippen LogP contribution in [0, 0.1) is 10.1 Å². The Morgan fingerprint density at radius 2 is 2.00 bits per heavy atom. The Bertz CT molecular complexity index is 516. The summed E-state index contributed by atoms with van der Waals surface area (Å²) < 4.78 is 10.3. The summed E-state index contributed by atoms with van der Waals surface area (Å²) in [5.74, 6) is 0.590. The lowest BCUT2D eigenvalue weighted by molar-refractivity contribution is -0.385. The van der Waals surface area contributed by atoms with Gasteiger partial charge in [0.2, 0.25) is 5.75 Å². The maximum Gasteiger partial charge on any atom is 0.315 e. The molecule has 0 aliphatic carbocycles. The van der Waals surface area contributed by atoms with Gasteiger partial charge < -0.3 is 19.7 Å². The van der Waals surface area contributed by atoms with Crippen LogP contribution in [0.2, 0.25) is 0 Å². The molecule has 0 amide bonds. The van der Waals surface area contributed by atoms with Gasteiger partial charge in [0.05, 0.1) is 19.1 Å². The van der Waals surface area contributed by atoms with E-state index in [9.17, 15) is 10.1 Å². The first-order valence-electron chi connectivity index (χ1n) is 7.48. The Kier molecular flexibility index (Phi) is 5.97. The summed E-state index contributed by atoms with van der Waals surface area (Å²) in [6.45, 7) is 5.19. The fourth-order valence-corrected chi connectivity index (χ4v) is 2.72. The van der Waals surface area contributed by atoms with Crippen molar-refractivity contribution in [1.29, 1.82) is 0 Å². The molecular formula is C15H23N3O4. The zero-order chi connectivity index (χ0) is 15.9. The molecule has 0 atom stereocenters. The molecule has 1 aromatic rings. The number of nitro groups is 1. The molecule has 1 saturated heterocycles. The van der Waals surface area contributed by atoms with E-state index in [2.05, 4.69) is 10.2 Å². The van der Waals surface area contributed by atoms with Gasteiger partial charge in [-0.3, -0.25) is 10.1 Å². The van der Waals surface area contributed by atoms with Crippen molar-refractivity contribution in [2.24, 2.45) is 0 Å². The van der Waals surface area contributed by atoms with Crippen molar-refractivity contribution in [3.8, 4) is 11.5 Å². The first-order valence-corrected chi connectivity index (χ1v) is 7.48. The second-order valence-electron chi connectivity index (χ2n) is 5.30. The molecule has 1 fully saturated rings. The van der Waals surface area contributed by atoms with Crippen LogP contribution in [0.25, 0.3) is 0 Å². The van der Waals surface area contributed by atoms with Crippen LogP contribution in [0.15, 0.2) is 12.1 Å². The predicted octanol–water partition coefficient (Wildman–Crippen LogP) is 1.45. The molecule has 0 saturated carbocycles. The minimum Gasteiger partial charge on any atom is -0.493 e. The Hall–Kier alpha value is -1.86. The zero-order valence-corrected chi connectivity index (χ0v) is 13.1. The number of nitro benzene ring substituents is 1. The van der Waals surface area contributed by atoms with Gasteiger partial charge in [0.15, 0.2) is 5.75 Å². The summed E-state index contributed by atoms with van der Waals surface area (Å²) in [7, 11) is 2.90. The maximum atomic E-state index is 11.2. The van der Waals surface area contributed by atoms with E-state index in [1.165, 1.54) is 14.2 Å². The van der Waals surface area contributed by atoms with E-state index in [1.54, 1.807) is 6.07 Å². The van der Waals surface area contributed by atoms with Crippen LogP contribution in [0.5, 0.6) is 11.5 Å². The first kappa shape index (κ1) is 16.5. The maximum absolute atomic E-state index is 11.2. The summed E-state index contributed by atoms with van der Waals surface area (Å²) in [5, 5.41) is 14.5. The molecule has 122 valence electrons. The number of nitrogens with one attached hydrogen (secondary N) is 1. The number of aryl methyl sites for hydroxylation is 1. The number of ether oxygens (including phenoxy) is 2. The van der Waals surface area contributed by atoms with Crippen molar-refractivity contribution in [1.82, 2.24) is 10.2 Å². The van der Waals surface area contributed by atoms with E-state index in [0.29, 0.717) is 5.75 Å². The molecule has 1 aliphatic heterocycles. The van der Waals surface area contributed by atoms with Crippen LogP contribution in [0.4, 0.5) is 5.69 Å². The predicted molar refractivity (Wildman–Crippen MR) is 83.8 cm³/mol. The highest BCUT2D eigenvalue weighted by molar-refractivity contribution is 5.58. The van der Waals surface area contributed by atoms with Crippen LogP contribution >= 0.6 is 0 Å². The number of nitrogens with zero attached hydrogens (tertiary/aromatic N) is 2. The standard InChI is InChI=1S/C15H23N3O4/c1-21-14-11-12(10-13(18(19)20)15(14)22-2)4-3-7-17-8-5-16-6-9-17/h10-11,16H,3-9H2,1-2H3. The lowest BCUT2D eigenvalue weighted by Gasteiger charge is -2.27. The third-order valence-corrected chi connectivity index (χ3v) is 3.87. The average molecular weight is 309 g/mol. The third kappa shape index (κ3) is 4.08. The van der Waals surface area contributed by atoms with E-state index in [1.807, 2.05) is 6.07 Å². The lowest BCUT2D eigenvalue weighted by atomic mass is 10.1. The Morgan fingerprint density at radius 3 is 2.59 bits per heavy atom. The topological polar surface area (TPSA) is 76.9 Å². The number of benzene rings is 1. The van der Waals surface area contributed by atoms with E-state index in [0.717, 1.165) is 51.1 Å². The van der Waals surface area contributed by atoms with Crippen molar-refractivity contribution in [3.05, 3.63) is 27.8 Å². The Morgan fingerprint density at radius 1 is 1.27 bits per heavy atom. The quantitative estimate of drug-likeness (QED) is 0.607. The number of hydrogen-bond donors (Lipinski definition) is 1. The number of methoxy groups -OCH3 is 2. The summed E-state index contributed by atoms with van der Waals surface area (Å²) >= 11 is 0. The summed E-state index contributed by atoms with van der Waals surface area (Å²) in [6, 6.07) is 3.41. The molecule has 1 N–H and O–H groups in total. The van der Waals surface area contributed by atoms with Gasteiger partial charge in [-0.15, -0.1) is 0 Å². The van der Waals surface area contributed by atoms with Gasteiger partial charge in [-0.2, -0.15) is 0 Å². The van der Waals surface area contributed by atoms with Crippen molar-refractivity contribution in [2.75, 3.05) is 46.9 Å². The molecular weight excluding hydrogens is 286 g/mol. The van der Waals surface area contributed by atoms with Gasteiger partial charge in [-0.05, 0) is 31.0 Å². The Labute approximate surface area is 130 Å². The smallest absolute Gasteiger partial charge is 0.315 e. The molecule has 0 bridgehead atoms. The summed E-state index contributed by atoms with van der Waals surface area (Å²) in [5.41, 5.74) is 0.860. The summed E-state index contributed by atoms with van der Waals surface area (Å²) in [4.78, 5) is 13.2. The molecule has 0 spiro atoms. The minimum atomic E-state index is -0.429. The van der Waals surface area contributed by atoms with Gasteiger partial charge in [-0.25, -0.2) is 0 Å². The minimum absolute atomic E-state index is 0.0426. The normalized spacial score (nSPS) is 15.5. The molecule has 0 unspecified atom stereocenters. The lowest BCUT2D eigenvalue weighted by Crippen LogP contribution is -2.43. The van der Waals surface area contributed by atoms with E-state index >= 15 is 0 Å². The summed E-state index contributed by atoms with van der Waals surface area (Å²) in [6.07, 6.45) is 1.75. The van der Waals surface area contributed by atoms with Crippen LogP contribution in [0.1, 0.15) is 12.0 Å². The van der Waals surface area contributed by atoms with Gasteiger partial charge in [0.1, 0.15) is 0 Å². The van der Waals surface area contributed by atoms with Crippen molar-refractivity contribution in [2.45, 2.75) is 12.8 Å². The molecule has 2 rings (SSSR count). The zero-order valence-electron chi connectivity index (χ0n) is 13.1. The molecule has 1 aliphatic rings. The molecule has 0 aromatic heterocycles. The molecule has 1 aromatic carbocycles. The fourth-order valence-electron chi connectivity index (χ4n) is 2.72. The molecule has 7 heteroatoms. The number of piperazine rings is 1. The highest BCUT2D eigenvalue weighted by Gasteiger charge is 2.21. The van der Waals surface area contributed by atoms with Gasteiger partial charge in [-0.1, -0.05) is 0 Å². The molecule has 1 heterocycles. The fraction of sp³-hybridized carbons (Fsp3) is 0.600. The van der Waals surface area contributed by atoms with Gasteiger partial charge >= 0.3 is 5.69 Å². The van der Waals surface area contributed by atoms with Crippen LogP contribution < -0.4 is 14.8 Å². The first-order chi connectivity index (χ1) is 10.7. The van der Waals surface area contributed by atoms with Crippen molar-refractivity contribution in [3.63, 3.8) is 0 Å². The van der Waals surface area contributed by atoms with Crippen molar-refractivity contribution >= 4 is 5.69 Å². The molecule has 22 heavy (non-hydrogen) atoms. The molecule has 0 radical (unpaired) electrons. The Balaban J connectivity index is 2.03. The SMILES string of the molecule is COc1cc(CCCN2CCNCC2)cc([N+](=O)[O-])c1OC.